The molecular formula is C46H35N3O. The van der Waals surface area contributed by atoms with Gasteiger partial charge in [0.1, 0.15) is 11.3 Å². The highest BCUT2D eigenvalue weighted by Gasteiger charge is 2.29. The van der Waals surface area contributed by atoms with Gasteiger partial charge in [-0.05, 0) is 76.6 Å². The van der Waals surface area contributed by atoms with Gasteiger partial charge in [-0.15, -0.1) is 0 Å². The van der Waals surface area contributed by atoms with Crippen molar-refractivity contribution in [3.05, 3.63) is 174 Å². The number of fused-ring (bicyclic) bond motifs is 5. The van der Waals surface area contributed by atoms with Crippen LogP contribution in [0.1, 0.15) is 47.5 Å². The Morgan fingerprint density at radius 3 is 1.88 bits per heavy atom. The Bertz CT molecular complexity index is 2510. The SMILES string of the molecule is C=Cc1ccccc1CCCC1=C(c2nc(-c3ccc4ccccc4c3)nc(-c3ccc4ccccc4c3)n2)c2c(oc3ccccc23)CC1. The molecule has 4 nitrogen and oxygen atoms in total. The van der Waals surface area contributed by atoms with Crippen molar-refractivity contribution in [2.24, 2.45) is 0 Å². The number of aryl methyl sites for hydroxylation is 2. The molecule has 0 aliphatic heterocycles. The third-order valence-electron chi connectivity index (χ3n) is 10.00. The summed E-state index contributed by atoms with van der Waals surface area (Å²) in [5.41, 5.74) is 8.91. The maximum Gasteiger partial charge on any atom is 0.164 e. The molecule has 0 fully saturated rings. The number of hydrogen-bond acceptors (Lipinski definition) is 4. The molecule has 240 valence electrons. The Morgan fingerprint density at radius 1 is 0.580 bits per heavy atom. The van der Waals surface area contributed by atoms with E-state index in [9.17, 15) is 0 Å². The van der Waals surface area contributed by atoms with E-state index in [0.29, 0.717) is 17.5 Å². The predicted octanol–water partition coefficient (Wildman–Crippen LogP) is 11.7. The maximum absolute atomic E-state index is 6.50. The van der Waals surface area contributed by atoms with Crippen LogP contribution < -0.4 is 0 Å². The van der Waals surface area contributed by atoms with Crippen LogP contribution in [0, 0.1) is 0 Å². The van der Waals surface area contributed by atoms with Crippen LogP contribution in [0.2, 0.25) is 0 Å². The molecule has 2 heterocycles. The van der Waals surface area contributed by atoms with E-state index in [0.717, 1.165) is 81.9 Å². The van der Waals surface area contributed by atoms with Crippen molar-refractivity contribution < 1.29 is 4.42 Å². The minimum absolute atomic E-state index is 0.663. The third kappa shape index (κ3) is 5.49. The van der Waals surface area contributed by atoms with Crippen molar-refractivity contribution in [3.8, 4) is 22.8 Å². The predicted molar refractivity (Wildman–Crippen MR) is 206 cm³/mol. The van der Waals surface area contributed by atoms with Crippen LogP contribution in [0.15, 0.2) is 150 Å². The molecule has 0 bridgehead atoms. The molecule has 0 amide bonds. The zero-order valence-corrected chi connectivity index (χ0v) is 27.8. The fraction of sp³-hybridized carbons (Fsp3) is 0.109. The zero-order chi connectivity index (χ0) is 33.4. The van der Waals surface area contributed by atoms with Crippen molar-refractivity contribution in [3.63, 3.8) is 0 Å². The van der Waals surface area contributed by atoms with Crippen LogP contribution in [0.4, 0.5) is 0 Å². The van der Waals surface area contributed by atoms with Crippen molar-refractivity contribution in [1.82, 2.24) is 15.0 Å². The summed E-state index contributed by atoms with van der Waals surface area (Å²) in [6.07, 6.45) is 6.62. The third-order valence-corrected chi connectivity index (χ3v) is 10.00. The number of aromatic nitrogens is 3. The van der Waals surface area contributed by atoms with Gasteiger partial charge in [-0.2, -0.15) is 0 Å². The number of benzene rings is 6. The Labute approximate surface area is 291 Å². The number of para-hydroxylation sites is 1. The van der Waals surface area contributed by atoms with Gasteiger partial charge in [0, 0.05) is 34.1 Å². The van der Waals surface area contributed by atoms with Gasteiger partial charge >= 0.3 is 0 Å². The van der Waals surface area contributed by atoms with E-state index in [-0.39, 0.29) is 0 Å². The van der Waals surface area contributed by atoms with Gasteiger partial charge in [0.15, 0.2) is 17.5 Å². The molecule has 4 heteroatoms. The topological polar surface area (TPSA) is 51.8 Å². The normalized spacial score (nSPS) is 12.9. The molecular weight excluding hydrogens is 611 g/mol. The first-order valence-electron chi connectivity index (χ1n) is 17.4. The quantitative estimate of drug-likeness (QED) is 0.165. The minimum Gasteiger partial charge on any atom is -0.460 e. The smallest absolute Gasteiger partial charge is 0.164 e. The van der Waals surface area contributed by atoms with Gasteiger partial charge in [0.25, 0.3) is 0 Å². The van der Waals surface area contributed by atoms with Crippen molar-refractivity contribution in [2.45, 2.75) is 32.1 Å². The summed E-state index contributed by atoms with van der Waals surface area (Å²) in [7, 11) is 0. The van der Waals surface area contributed by atoms with Crippen LogP contribution in [-0.2, 0) is 12.8 Å². The van der Waals surface area contributed by atoms with E-state index in [2.05, 4.69) is 134 Å². The van der Waals surface area contributed by atoms with Gasteiger partial charge in [-0.25, -0.2) is 15.0 Å². The van der Waals surface area contributed by atoms with Crippen LogP contribution in [-0.4, -0.2) is 15.0 Å². The molecule has 1 aliphatic carbocycles. The highest BCUT2D eigenvalue weighted by molar-refractivity contribution is 5.98. The van der Waals surface area contributed by atoms with Gasteiger partial charge < -0.3 is 4.42 Å². The van der Waals surface area contributed by atoms with Crippen molar-refractivity contribution in [2.75, 3.05) is 0 Å². The number of hydrogen-bond donors (Lipinski definition) is 0. The van der Waals surface area contributed by atoms with E-state index < -0.39 is 0 Å². The number of rotatable bonds is 8. The van der Waals surface area contributed by atoms with Gasteiger partial charge in [-0.3, -0.25) is 0 Å². The highest BCUT2D eigenvalue weighted by atomic mass is 16.3. The Morgan fingerprint density at radius 2 is 1.18 bits per heavy atom. The van der Waals surface area contributed by atoms with E-state index in [1.807, 2.05) is 12.1 Å². The van der Waals surface area contributed by atoms with E-state index >= 15 is 0 Å². The summed E-state index contributed by atoms with van der Waals surface area (Å²) < 4.78 is 6.50. The van der Waals surface area contributed by atoms with E-state index in [1.54, 1.807) is 0 Å². The summed E-state index contributed by atoms with van der Waals surface area (Å²) in [6, 6.07) is 46.7. The van der Waals surface area contributed by atoms with Crippen LogP contribution in [0.3, 0.4) is 0 Å². The molecule has 8 aromatic rings. The van der Waals surface area contributed by atoms with Crippen LogP contribution in [0.25, 0.3) is 66.9 Å². The summed E-state index contributed by atoms with van der Waals surface area (Å²) >= 11 is 0. The zero-order valence-electron chi connectivity index (χ0n) is 27.8. The lowest BCUT2D eigenvalue weighted by molar-refractivity contribution is 0.538. The molecule has 0 atom stereocenters. The van der Waals surface area contributed by atoms with Gasteiger partial charge in [0.05, 0.1) is 0 Å². The molecule has 0 saturated heterocycles. The Balaban J connectivity index is 1.24. The molecule has 0 radical (unpaired) electrons. The fourth-order valence-electron chi connectivity index (χ4n) is 7.49. The summed E-state index contributed by atoms with van der Waals surface area (Å²) in [4.78, 5) is 15.8. The van der Waals surface area contributed by atoms with Crippen LogP contribution >= 0.6 is 0 Å². The molecule has 50 heavy (non-hydrogen) atoms. The first-order valence-corrected chi connectivity index (χ1v) is 17.4. The molecule has 9 rings (SSSR count). The van der Waals surface area contributed by atoms with Crippen LogP contribution in [0.5, 0.6) is 0 Å². The standard InChI is InChI=1S/C46H35N3O/c1-2-30-12-3-4-13-31(30)18-11-19-34-26-27-41-43(39-20-9-10-21-40(39)50-41)42(34)46-48-44(37-24-22-32-14-5-7-16-35(32)28-37)47-45(49-46)38-25-23-33-15-6-8-17-36(33)29-38/h2-10,12-17,20-25,28-29H,1,11,18-19,26-27H2. The molecule has 2 aromatic heterocycles. The summed E-state index contributed by atoms with van der Waals surface area (Å²) in [5.74, 6) is 3.02. The minimum atomic E-state index is 0.663. The molecule has 0 unspecified atom stereocenters. The maximum atomic E-state index is 6.50. The van der Waals surface area contributed by atoms with E-state index in [1.165, 1.54) is 27.5 Å². The fourth-order valence-corrected chi connectivity index (χ4v) is 7.49. The Kier molecular flexibility index (Phi) is 7.62. The average molecular weight is 646 g/mol. The molecule has 0 N–H and O–H groups in total. The highest BCUT2D eigenvalue weighted by Crippen LogP contribution is 2.43. The number of nitrogens with zero attached hydrogens (tertiary/aromatic N) is 3. The molecule has 0 spiro atoms. The summed E-state index contributed by atoms with van der Waals surface area (Å²) in [6.45, 7) is 4.05. The monoisotopic (exact) mass is 645 g/mol. The first-order chi connectivity index (χ1) is 24.7. The van der Waals surface area contributed by atoms with Crippen molar-refractivity contribution in [1.29, 1.82) is 0 Å². The largest absolute Gasteiger partial charge is 0.460 e. The number of furan rings is 1. The van der Waals surface area contributed by atoms with Crippen molar-refractivity contribution >= 4 is 44.2 Å². The lowest BCUT2D eigenvalue weighted by Crippen LogP contribution is -2.10. The second-order valence-electron chi connectivity index (χ2n) is 13.1. The molecule has 0 saturated carbocycles. The second-order valence-corrected chi connectivity index (χ2v) is 13.1. The lowest BCUT2D eigenvalue weighted by Gasteiger charge is -2.21. The second kappa shape index (κ2) is 12.7. The average Bonchev–Trinajstić information content (AvgIpc) is 3.56. The summed E-state index contributed by atoms with van der Waals surface area (Å²) in [5, 5.41) is 5.78. The lowest BCUT2D eigenvalue weighted by atomic mass is 9.85. The number of allylic oxidation sites excluding steroid dienone is 1. The Hall–Kier alpha value is -6.13. The van der Waals surface area contributed by atoms with Gasteiger partial charge in [0.2, 0.25) is 0 Å². The van der Waals surface area contributed by atoms with Gasteiger partial charge in [-0.1, -0.05) is 133 Å². The molecule has 6 aromatic carbocycles. The van der Waals surface area contributed by atoms with E-state index in [4.69, 9.17) is 19.4 Å². The first kappa shape index (κ1) is 30.0. The molecule has 1 aliphatic rings.